The lowest BCUT2D eigenvalue weighted by atomic mass is 10.2. The molecule has 0 unspecified atom stereocenters. The van der Waals surface area contributed by atoms with E-state index in [9.17, 15) is 12.8 Å². The number of nitrogens with one attached hydrogen (secondary N) is 1. The number of aromatic nitrogens is 1. The Hall–Kier alpha value is -2.87. The van der Waals surface area contributed by atoms with Crippen molar-refractivity contribution in [1.29, 1.82) is 0 Å². The highest BCUT2D eigenvalue weighted by Crippen LogP contribution is 2.22. The Morgan fingerprint density at radius 2 is 1.81 bits per heavy atom. The van der Waals surface area contributed by atoms with E-state index in [1.54, 1.807) is 32.0 Å². The van der Waals surface area contributed by atoms with Crippen molar-refractivity contribution in [2.24, 2.45) is 0 Å². The number of hydrogen-bond acceptors (Lipinski definition) is 5. The van der Waals surface area contributed by atoms with E-state index >= 15 is 0 Å². The molecule has 0 aliphatic carbocycles. The summed E-state index contributed by atoms with van der Waals surface area (Å²) in [6, 6.07) is 9.98. The van der Waals surface area contributed by atoms with Gasteiger partial charge in [0.2, 0.25) is 0 Å². The van der Waals surface area contributed by atoms with Crippen molar-refractivity contribution in [3.63, 3.8) is 0 Å². The Morgan fingerprint density at radius 3 is 2.41 bits per heavy atom. The van der Waals surface area contributed by atoms with E-state index in [2.05, 4.69) is 9.88 Å². The zero-order chi connectivity index (χ0) is 19.6. The molecule has 27 heavy (non-hydrogen) atoms. The second-order valence-corrected chi connectivity index (χ2v) is 7.87. The van der Waals surface area contributed by atoms with E-state index in [0.29, 0.717) is 17.1 Å². The van der Waals surface area contributed by atoms with Crippen LogP contribution in [0.3, 0.4) is 0 Å². The molecule has 1 N–H and O–H groups in total. The number of sulfonamides is 1. The lowest BCUT2D eigenvalue weighted by Crippen LogP contribution is -2.13. The van der Waals surface area contributed by atoms with Crippen LogP contribution in [0.2, 0.25) is 0 Å². The van der Waals surface area contributed by atoms with Crippen LogP contribution in [0.4, 0.5) is 10.1 Å². The minimum atomic E-state index is -3.83. The van der Waals surface area contributed by atoms with Crippen LogP contribution in [-0.2, 0) is 16.6 Å². The summed E-state index contributed by atoms with van der Waals surface area (Å²) in [4.78, 5) is 0.0501. The van der Waals surface area contributed by atoms with Gasteiger partial charge in [-0.15, -0.1) is 0 Å². The number of anilines is 1. The largest absolute Gasteiger partial charge is 0.489 e. The number of benzene rings is 2. The average Bonchev–Trinajstić information content (AvgIpc) is 2.90. The zero-order valence-electron chi connectivity index (χ0n) is 15.1. The first-order valence-corrected chi connectivity index (χ1v) is 9.67. The molecule has 0 aliphatic rings. The van der Waals surface area contributed by atoms with E-state index in [1.807, 2.05) is 6.92 Å². The van der Waals surface area contributed by atoms with Gasteiger partial charge in [0, 0.05) is 0 Å². The summed E-state index contributed by atoms with van der Waals surface area (Å²) in [6.45, 7) is 5.58. The Balaban J connectivity index is 1.72. The van der Waals surface area contributed by atoms with E-state index in [-0.39, 0.29) is 17.2 Å². The maximum absolute atomic E-state index is 13.5. The molecule has 0 saturated heterocycles. The molecule has 0 bridgehead atoms. The SMILES string of the molecule is Cc1cc(F)cc(NS(=O)(=O)c2ccc(OCc3c(C)noc3C)cc2)c1. The standard InChI is InChI=1S/C19H19FN2O4S/c1-12-8-15(20)10-16(9-12)22-27(23,24)18-6-4-17(5-7-18)25-11-19-13(2)21-26-14(19)3/h4-10,22H,11H2,1-3H3. The monoisotopic (exact) mass is 390 g/mol. The van der Waals surface area contributed by atoms with Crippen molar-refractivity contribution < 1.29 is 22.1 Å². The number of rotatable bonds is 6. The molecule has 1 aromatic heterocycles. The van der Waals surface area contributed by atoms with Crippen molar-refractivity contribution in [2.75, 3.05) is 4.72 Å². The zero-order valence-corrected chi connectivity index (χ0v) is 15.9. The van der Waals surface area contributed by atoms with Crippen LogP contribution in [0.25, 0.3) is 0 Å². The van der Waals surface area contributed by atoms with E-state index in [1.165, 1.54) is 18.2 Å². The lowest BCUT2D eigenvalue weighted by Gasteiger charge is -2.10. The molecule has 0 saturated carbocycles. The molecule has 0 spiro atoms. The molecule has 0 radical (unpaired) electrons. The lowest BCUT2D eigenvalue weighted by molar-refractivity contribution is 0.301. The van der Waals surface area contributed by atoms with Crippen LogP contribution in [-0.4, -0.2) is 13.6 Å². The topological polar surface area (TPSA) is 81.4 Å². The molecular weight excluding hydrogens is 371 g/mol. The fourth-order valence-electron chi connectivity index (χ4n) is 2.59. The smallest absolute Gasteiger partial charge is 0.261 e. The fourth-order valence-corrected chi connectivity index (χ4v) is 3.63. The molecule has 0 aliphatic heterocycles. The molecule has 0 fully saturated rings. The molecule has 2 aromatic carbocycles. The first-order valence-electron chi connectivity index (χ1n) is 8.19. The van der Waals surface area contributed by atoms with Crippen LogP contribution in [0.15, 0.2) is 51.9 Å². The number of aryl methyl sites for hydroxylation is 3. The van der Waals surface area contributed by atoms with Gasteiger partial charge in [-0.1, -0.05) is 5.16 Å². The summed E-state index contributed by atoms with van der Waals surface area (Å²) < 4.78 is 51.5. The van der Waals surface area contributed by atoms with Gasteiger partial charge in [0.1, 0.15) is 23.9 Å². The second-order valence-electron chi connectivity index (χ2n) is 6.19. The third-order valence-corrected chi connectivity index (χ3v) is 5.39. The van der Waals surface area contributed by atoms with Gasteiger partial charge < -0.3 is 9.26 Å². The van der Waals surface area contributed by atoms with Crippen LogP contribution < -0.4 is 9.46 Å². The van der Waals surface area contributed by atoms with Gasteiger partial charge in [0.15, 0.2) is 0 Å². The Kier molecular flexibility index (Phi) is 5.18. The second kappa shape index (κ2) is 7.40. The molecule has 0 amide bonds. The molecule has 3 aromatic rings. The highest BCUT2D eigenvalue weighted by molar-refractivity contribution is 7.92. The maximum atomic E-state index is 13.5. The van der Waals surface area contributed by atoms with Crippen molar-refractivity contribution in [3.8, 4) is 5.75 Å². The van der Waals surface area contributed by atoms with Gasteiger partial charge in [-0.2, -0.15) is 0 Å². The summed E-state index contributed by atoms with van der Waals surface area (Å²) in [5.74, 6) is 0.688. The highest BCUT2D eigenvalue weighted by Gasteiger charge is 2.15. The van der Waals surface area contributed by atoms with Gasteiger partial charge >= 0.3 is 0 Å². The van der Waals surface area contributed by atoms with Gasteiger partial charge in [-0.25, -0.2) is 12.8 Å². The summed E-state index contributed by atoms with van der Waals surface area (Å²) >= 11 is 0. The van der Waals surface area contributed by atoms with Crippen molar-refractivity contribution in [3.05, 3.63) is 70.9 Å². The van der Waals surface area contributed by atoms with Crippen LogP contribution in [0.1, 0.15) is 22.6 Å². The average molecular weight is 390 g/mol. The Bertz CT molecular complexity index is 1020. The molecule has 142 valence electrons. The maximum Gasteiger partial charge on any atom is 0.261 e. The predicted molar refractivity (Wildman–Crippen MR) is 98.7 cm³/mol. The van der Waals surface area contributed by atoms with Crippen molar-refractivity contribution in [1.82, 2.24) is 5.16 Å². The first-order chi connectivity index (χ1) is 12.7. The fraction of sp³-hybridized carbons (Fsp3) is 0.211. The minimum Gasteiger partial charge on any atom is -0.489 e. The van der Waals surface area contributed by atoms with Gasteiger partial charge in [0.05, 0.1) is 21.8 Å². The molecule has 8 heteroatoms. The van der Waals surface area contributed by atoms with E-state index < -0.39 is 15.8 Å². The number of halogens is 1. The van der Waals surface area contributed by atoms with E-state index in [4.69, 9.17) is 9.26 Å². The first kappa shape index (κ1) is 18.9. The highest BCUT2D eigenvalue weighted by atomic mass is 32.2. The molecule has 3 rings (SSSR count). The van der Waals surface area contributed by atoms with E-state index in [0.717, 1.165) is 17.3 Å². The summed E-state index contributed by atoms with van der Waals surface area (Å²) in [6.07, 6.45) is 0. The molecule has 0 atom stereocenters. The van der Waals surface area contributed by atoms with Gasteiger partial charge in [-0.05, 0) is 68.8 Å². The number of ether oxygens (including phenoxy) is 1. The third-order valence-electron chi connectivity index (χ3n) is 3.99. The van der Waals surface area contributed by atoms with Crippen molar-refractivity contribution >= 4 is 15.7 Å². The van der Waals surface area contributed by atoms with Crippen LogP contribution in [0.5, 0.6) is 5.75 Å². The normalized spacial score (nSPS) is 11.4. The summed E-state index contributed by atoms with van der Waals surface area (Å²) in [5.41, 5.74) is 2.40. The van der Waals surface area contributed by atoms with Gasteiger partial charge in [0.25, 0.3) is 10.0 Å². The molecule has 6 nitrogen and oxygen atoms in total. The molecule has 1 heterocycles. The number of nitrogens with zero attached hydrogens (tertiary/aromatic N) is 1. The molecular formula is C19H19FN2O4S. The quantitative estimate of drug-likeness (QED) is 0.685. The Labute approximate surface area is 157 Å². The van der Waals surface area contributed by atoms with Crippen LogP contribution >= 0.6 is 0 Å². The summed E-state index contributed by atoms with van der Waals surface area (Å²) in [7, 11) is -3.83. The minimum absolute atomic E-state index is 0.0501. The Morgan fingerprint density at radius 1 is 1.11 bits per heavy atom. The predicted octanol–water partition coefficient (Wildman–Crippen LogP) is 4.12. The van der Waals surface area contributed by atoms with Crippen molar-refractivity contribution in [2.45, 2.75) is 32.3 Å². The summed E-state index contributed by atoms with van der Waals surface area (Å²) in [5, 5.41) is 3.86. The van der Waals surface area contributed by atoms with Crippen LogP contribution in [0, 0.1) is 26.6 Å². The van der Waals surface area contributed by atoms with Gasteiger partial charge in [-0.3, -0.25) is 4.72 Å². The number of hydrogen-bond donors (Lipinski definition) is 1. The third kappa shape index (κ3) is 4.46.